The minimum atomic E-state index is -0.562. The van der Waals surface area contributed by atoms with Gasteiger partial charge < -0.3 is 11.1 Å². The number of nitrogens with two attached hydrogens (primary N) is 1. The van der Waals surface area contributed by atoms with Crippen LogP contribution in [0.5, 0.6) is 0 Å². The van der Waals surface area contributed by atoms with Crippen molar-refractivity contribution in [2.45, 2.75) is 13.0 Å². The van der Waals surface area contributed by atoms with Crippen molar-refractivity contribution in [3.8, 4) is 6.07 Å². The number of anilines is 1. The predicted octanol–water partition coefficient (Wildman–Crippen LogP) is 1.61. The standard InChI is InChI=1S/C10H10BrN3O/c1-6(13)10(15)14-9-3-2-7(5-12)4-8(9)11/h2-4,6H,13H2,1H3,(H,14,15)/t6-/m1/s1. The van der Waals surface area contributed by atoms with Crippen LogP contribution in [0.25, 0.3) is 0 Å². The number of nitrogens with zero attached hydrogens (tertiary/aromatic N) is 1. The van der Waals surface area contributed by atoms with Gasteiger partial charge in [-0.2, -0.15) is 5.26 Å². The molecule has 0 saturated heterocycles. The third-order valence-corrected chi connectivity index (χ3v) is 2.43. The Bertz CT molecular complexity index is 423. The summed E-state index contributed by atoms with van der Waals surface area (Å²) >= 11 is 3.26. The maximum atomic E-state index is 11.3. The van der Waals surface area contributed by atoms with Crippen molar-refractivity contribution in [1.82, 2.24) is 0 Å². The lowest BCUT2D eigenvalue weighted by Gasteiger charge is -2.09. The Balaban J connectivity index is 2.89. The van der Waals surface area contributed by atoms with Crippen LogP contribution in [0, 0.1) is 11.3 Å². The molecule has 0 bridgehead atoms. The maximum absolute atomic E-state index is 11.3. The van der Waals surface area contributed by atoms with E-state index < -0.39 is 6.04 Å². The molecule has 3 N–H and O–H groups in total. The van der Waals surface area contributed by atoms with Gasteiger partial charge >= 0.3 is 0 Å². The van der Waals surface area contributed by atoms with Gasteiger partial charge in [0, 0.05) is 4.47 Å². The highest BCUT2D eigenvalue weighted by Crippen LogP contribution is 2.23. The fourth-order valence-corrected chi connectivity index (χ4v) is 1.41. The molecular formula is C10H10BrN3O. The third-order valence-electron chi connectivity index (χ3n) is 1.77. The van der Waals surface area contributed by atoms with Crippen molar-refractivity contribution in [3.63, 3.8) is 0 Å². The molecule has 0 saturated carbocycles. The summed E-state index contributed by atoms with van der Waals surface area (Å²) in [4.78, 5) is 11.3. The molecule has 1 amide bonds. The molecule has 0 aliphatic carbocycles. The van der Waals surface area contributed by atoms with E-state index in [-0.39, 0.29) is 5.91 Å². The molecule has 1 aromatic carbocycles. The number of amides is 1. The highest BCUT2D eigenvalue weighted by Gasteiger charge is 2.09. The number of benzene rings is 1. The van der Waals surface area contributed by atoms with Crippen molar-refractivity contribution < 1.29 is 4.79 Å². The summed E-state index contributed by atoms with van der Waals surface area (Å²) in [6.45, 7) is 1.60. The zero-order valence-electron chi connectivity index (χ0n) is 8.12. The van der Waals surface area contributed by atoms with E-state index in [9.17, 15) is 4.79 Å². The predicted molar refractivity (Wildman–Crippen MR) is 61.1 cm³/mol. The first-order chi connectivity index (χ1) is 7.04. The van der Waals surface area contributed by atoms with Crippen molar-refractivity contribution in [1.29, 1.82) is 5.26 Å². The molecule has 0 radical (unpaired) electrons. The van der Waals surface area contributed by atoms with Crippen LogP contribution in [0.4, 0.5) is 5.69 Å². The van der Waals surface area contributed by atoms with Crippen molar-refractivity contribution in [3.05, 3.63) is 28.2 Å². The minimum absolute atomic E-state index is 0.264. The largest absolute Gasteiger partial charge is 0.324 e. The van der Waals surface area contributed by atoms with Gasteiger partial charge in [-0.3, -0.25) is 4.79 Å². The Morgan fingerprint density at radius 2 is 2.33 bits per heavy atom. The summed E-state index contributed by atoms with van der Waals surface area (Å²) < 4.78 is 0.663. The normalized spacial score (nSPS) is 11.6. The summed E-state index contributed by atoms with van der Waals surface area (Å²) in [5, 5.41) is 11.3. The highest BCUT2D eigenvalue weighted by atomic mass is 79.9. The van der Waals surface area contributed by atoms with Gasteiger partial charge in [-0.1, -0.05) is 0 Å². The summed E-state index contributed by atoms with van der Waals surface area (Å²) in [7, 11) is 0. The maximum Gasteiger partial charge on any atom is 0.241 e. The van der Waals surface area contributed by atoms with Gasteiger partial charge in [0.2, 0.25) is 5.91 Å². The molecule has 0 aromatic heterocycles. The zero-order chi connectivity index (χ0) is 11.4. The molecule has 78 valence electrons. The van der Waals surface area contributed by atoms with Crippen molar-refractivity contribution in [2.24, 2.45) is 5.73 Å². The average molecular weight is 268 g/mol. The summed E-state index contributed by atoms with van der Waals surface area (Å²) in [6.07, 6.45) is 0. The second kappa shape index (κ2) is 4.91. The lowest BCUT2D eigenvalue weighted by atomic mass is 10.2. The zero-order valence-corrected chi connectivity index (χ0v) is 9.71. The number of nitriles is 1. The minimum Gasteiger partial charge on any atom is -0.324 e. The summed E-state index contributed by atoms with van der Waals surface area (Å²) in [5.41, 5.74) is 6.55. The van der Waals surface area contributed by atoms with Gasteiger partial charge in [0.15, 0.2) is 0 Å². The van der Waals surface area contributed by atoms with E-state index in [2.05, 4.69) is 21.2 Å². The van der Waals surface area contributed by atoms with Crippen LogP contribution < -0.4 is 11.1 Å². The van der Waals surface area contributed by atoms with Crippen LogP contribution >= 0.6 is 15.9 Å². The van der Waals surface area contributed by atoms with E-state index in [0.717, 1.165) is 0 Å². The fourth-order valence-electron chi connectivity index (χ4n) is 0.933. The van der Waals surface area contributed by atoms with Gasteiger partial charge in [-0.15, -0.1) is 0 Å². The van der Waals surface area contributed by atoms with Gasteiger partial charge in [-0.05, 0) is 41.1 Å². The number of carbonyl (C=O) groups is 1. The monoisotopic (exact) mass is 267 g/mol. The Labute approximate surface area is 96.2 Å². The molecule has 15 heavy (non-hydrogen) atoms. The van der Waals surface area contributed by atoms with Crippen LogP contribution in [-0.4, -0.2) is 11.9 Å². The number of carbonyl (C=O) groups excluding carboxylic acids is 1. The number of nitrogens with one attached hydrogen (secondary N) is 1. The molecule has 0 heterocycles. The lowest BCUT2D eigenvalue weighted by Crippen LogP contribution is -2.32. The van der Waals surface area contributed by atoms with E-state index in [1.807, 2.05) is 6.07 Å². The van der Waals surface area contributed by atoms with Gasteiger partial charge in [-0.25, -0.2) is 0 Å². The third kappa shape index (κ3) is 3.05. The molecule has 0 spiro atoms. The number of rotatable bonds is 2. The Morgan fingerprint density at radius 1 is 1.67 bits per heavy atom. The summed E-state index contributed by atoms with van der Waals surface area (Å²) in [6, 6.07) is 6.36. The molecule has 0 unspecified atom stereocenters. The Kier molecular flexibility index (Phi) is 3.83. The van der Waals surface area contributed by atoms with Gasteiger partial charge in [0.1, 0.15) is 0 Å². The number of hydrogen-bond donors (Lipinski definition) is 2. The second-order valence-electron chi connectivity index (χ2n) is 3.08. The van der Waals surface area contributed by atoms with Crippen LogP contribution in [0.2, 0.25) is 0 Å². The number of hydrogen-bond acceptors (Lipinski definition) is 3. The van der Waals surface area contributed by atoms with E-state index in [1.54, 1.807) is 25.1 Å². The van der Waals surface area contributed by atoms with Crippen LogP contribution in [0.15, 0.2) is 22.7 Å². The lowest BCUT2D eigenvalue weighted by molar-refractivity contribution is -0.117. The quantitative estimate of drug-likeness (QED) is 0.855. The highest BCUT2D eigenvalue weighted by molar-refractivity contribution is 9.10. The van der Waals surface area contributed by atoms with E-state index in [0.29, 0.717) is 15.7 Å². The Morgan fingerprint density at radius 3 is 2.80 bits per heavy atom. The molecule has 0 aliphatic heterocycles. The smallest absolute Gasteiger partial charge is 0.241 e. The van der Waals surface area contributed by atoms with Crippen LogP contribution in [-0.2, 0) is 4.79 Å². The molecule has 0 aliphatic rings. The molecule has 0 fully saturated rings. The molecular weight excluding hydrogens is 258 g/mol. The molecule has 1 rings (SSSR count). The van der Waals surface area contributed by atoms with E-state index in [4.69, 9.17) is 11.0 Å². The summed E-state index contributed by atoms with van der Waals surface area (Å²) in [5.74, 6) is -0.264. The molecule has 1 atom stereocenters. The second-order valence-corrected chi connectivity index (χ2v) is 3.94. The van der Waals surface area contributed by atoms with Gasteiger partial charge in [0.05, 0.1) is 23.4 Å². The van der Waals surface area contributed by atoms with Gasteiger partial charge in [0.25, 0.3) is 0 Å². The SMILES string of the molecule is C[C@@H](N)C(=O)Nc1ccc(C#N)cc1Br. The average Bonchev–Trinajstić information content (AvgIpc) is 2.20. The van der Waals surface area contributed by atoms with Crippen molar-refractivity contribution >= 4 is 27.5 Å². The van der Waals surface area contributed by atoms with E-state index >= 15 is 0 Å². The number of halogens is 1. The first-order valence-corrected chi connectivity index (χ1v) is 5.10. The fraction of sp³-hybridized carbons (Fsp3) is 0.200. The first-order valence-electron chi connectivity index (χ1n) is 4.30. The topological polar surface area (TPSA) is 78.9 Å². The molecule has 1 aromatic rings. The van der Waals surface area contributed by atoms with E-state index in [1.165, 1.54) is 0 Å². The van der Waals surface area contributed by atoms with Crippen LogP contribution in [0.1, 0.15) is 12.5 Å². The Hall–Kier alpha value is -1.38. The van der Waals surface area contributed by atoms with Crippen molar-refractivity contribution in [2.75, 3.05) is 5.32 Å². The first kappa shape index (κ1) is 11.7. The molecule has 5 heteroatoms. The van der Waals surface area contributed by atoms with Crippen LogP contribution in [0.3, 0.4) is 0 Å². The molecule has 4 nitrogen and oxygen atoms in total.